The number of fused-ring (bicyclic) bond motifs is 1. The number of nitrogens with one attached hydrogen (secondary N) is 1. The number of thiophene rings is 1. The predicted molar refractivity (Wildman–Crippen MR) is 67.9 cm³/mol. The fourth-order valence-electron chi connectivity index (χ4n) is 1.85. The average Bonchev–Trinajstić information content (AvgIpc) is 2.98. The normalized spacial score (nSPS) is 10.8. The number of carbonyl (C=O) groups is 1. The molecule has 84 valence electrons. The second-order valence-electron chi connectivity index (χ2n) is 3.73. The summed E-state index contributed by atoms with van der Waals surface area (Å²) in [6, 6.07) is 5.80. The highest BCUT2D eigenvalue weighted by Crippen LogP contribution is 2.27. The molecule has 1 aromatic carbocycles. The van der Waals surface area contributed by atoms with E-state index < -0.39 is 5.91 Å². The van der Waals surface area contributed by atoms with Crippen molar-refractivity contribution in [1.82, 2.24) is 10.2 Å². The lowest BCUT2D eigenvalue weighted by Gasteiger charge is -2.03. The van der Waals surface area contributed by atoms with E-state index in [-0.39, 0.29) is 0 Å². The van der Waals surface area contributed by atoms with E-state index in [1.165, 1.54) is 0 Å². The Bertz CT molecular complexity index is 685. The largest absolute Gasteiger partial charge is 0.366 e. The predicted octanol–water partition coefficient (Wildman–Crippen LogP) is 2.39. The maximum atomic E-state index is 11.4. The minimum Gasteiger partial charge on any atom is -0.366 e. The summed E-state index contributed by atoms with van der Waals surface area (Å²) in [4.78, 5) is 11.4. The first kappa shape index (κ1) is 10.0. The summed E-state index contributed by atoms with van der Waals surface area (Å²) < 4.78 is 0. The smallest absolute Gasteiger partial charge is 0.250 e. The molecule has 0 fully saturated rings. The van der Waals surface area contributed by atoms with Crippen molar-refractivity contribution >= 4 is 28.1 Å². The van der Waals surface area contributed by atoms with Crippen molar-refractivity contribution in [2.24, 2.45) is 5.73 Å². The first-order chi connectivity index (χ1) is 8.25. The van der Waals surface area contributed by atoms with Gasteiger partial charge in [0.25, 0.3) is 5.91 Å². The minimum absolute atomic E-state index is 0.448. The first-order valence-corrected chi connectivity index (χ1v) is 5.99. The Morgan fingerprint density at radius 3 is 2.94 bits per heavy atom. The fraction of sp³-hybridized carbons (Fsp3) is 0. The number of hydrogen-bond acceptors (Lipinski definition) is 3. The molecular formula is C12H9N3OS. The molecule has 0 saturated heterocycles. The Hall–Kier alpha value is -2.14. The Morgan fingerprint density at radius 1 is 1.35 bits per heavy atom. The minimum atomic E-state index is -0.448. The molecule has 3 rings (SSSR count). The standard InChI is InChI=1S/C12H9N3OS/c13-12(16)10-4-8(7-1-2-17-6-7)3-9-5-14-15-11(9)10/h1-6H,(H2,13,16)(H,14,15). The molecule has 3 aromatic rings. The van der Waals surface area contributed by atoms with Crippen LogP contribution >= 0.6 is 11.3 Å². The number of amides is 1. The number of aromatic nitrogens is 2. The van der Waals surface area contributed by atoms with Crippen LogP contribution in [0, 0.1) is 0 Å². The summed E-state index contributed by atoms with van der Waals surface area (Å²) in [5, 5.41) is 11.7. The van der Waals surface area contributed by atoms with Crippen LogP contribution in [-0.4, -0.2) is 16.1 Å². The molecule has 0 aliphatic rings. The molecular weight excluding hydrogens is 234 g/mol. The lowest BCUT2D eigenvalue weighted by Crippen LogP contribution is -2.11. The number of hydrogen-bond donors (Lipinski definition) is 2. The lowest BCUT2D eigenvalue weighted by molar-refractivity contribution is 0.100. The van der Waals surface area contributed by atoms with E-state index in [2.05, 4.69) is 10.2 Å². The molecule has 2 aromatic heterocycles. The zero-order valence-electron chi connectivity index (χ0n) is 8.81. The van der Waals surface area contributed by atoms with Crippen LogP contribution in [-0.2, 0) is 0 Å². The number of carbonyl (C=O) groups excluding carboxylic acids is 1. The molecule has 0 radical (unpaired) electrons. The maximum Gasteiger partial charge on any atom is 0.250 e. The van der Waals surface area contributed by atoms with Crippen molar-refractivity contribution in [3.05, 3.63) is 40.7 Å². The summed E-state index contributed by atoms with van der Waals surface area (Å²) in [6.45, 7) is 0. The molecule has 0 aliphatic carbocycles. The van der Waals surface area contributed by atoms with Gasteiger partial charge < -0.3 is 5.73 Å². The van der Waals surface area contributed by atoms with Gasteiger partial charge in [0.05, 0.1) is 17.3 Å². The summed E-state index contributed by atoms with van der Waals surface area (Å²) >= 11 is 1.62. The highest BCUT2D eigenvalue weighted by atomic mass is 32.1. The Morgan fingerprint density at radius 2 is 2.24 bits per heavy atom. The van der Waals surface area contributed by atoms with E-state index in [0.717, 1.165) is 16.5 Å². The third-order valence-corrected chi connectivity index (χ3v) is 3.35. The van der Waals surface area contributed by atoms with Crippen LogP contribution in [0.3, 0.4) is 0 Å². The first-order valence-electron chi connectivity index (χ1n) is 5.05. The van der Waals surface area contributed by atoms with Crippen molar-refractivity contribution in [3.63, 3.8) is 0 Å². The van der Waals surface area contributed by atoms with E-state index in [1.54, 1.807) is 23.6 Å². The van der Waals surface area contributed by atoms with Gasteiger partial charge in [-0.05, 0) is 40.1 Å². The van der Waals surface area contributed by atoms with Crippen molar-refractivity contribution in [1.29, 1.82) is 0 Å². The third-order valence-electron chi connectivity index (χ3n) is 2.67. The van der Waals surface area contributed by atoms with Crippen molar-refractivity contribution in [3.8, 4) is 11.1 Å². The van der Waals surface area contributed by atoms with Gasteiger partial charge in [-0.15, -0.1) is 0 Å². The topological polar surface area (TPSA) is 71.8 Å². The molecule has 4 nitrogen and oxygen atoms in total. The Labute approximate surface area is 101 Å². The van der Waals surface area contributed by atoms with Crippen molar-refractivity contribution in [2.75, 3.05) is 0 Å². The maximum absolute atomic E-state index is 11.4. The van der Waals surface area contributed by atoms with Gasteiger partial charge in [0, 0.05) is 5.39 Å². The van der Waals surface area contributed by atoms with Gasteiger partial charge in [-0.1, -0.05) is 0 Å². The van der Waals surface area contributed by atoms with Crippen LogP contribution < -0.4 is 5.73 Å². The summed E-state index contributed by atoms with van der Waals surface area (Å²) in [5.74, 6) is -0.448. The molecule has 0 bridgehead atoms. The second-order valence-corrected chi connectivity index (χ2v) is 4.51. The van der Waals surface area contributed by atoms with Crippen LogP contribution in [0.15, 0.2) is 35.2 Å². The summed E-state index contributed by atoms with van der Waals surface area (Å²) in [6.07, 6.45) is 1.69. The molecule has 1 amide bonds. The van der Waals surface area contributed by atoms with Gasteiger partial charge in [-0.3, -0.25) is 9.89 Å². The number of aromatic amines is 1. The molecule has 2 heterocycles. The average molecular weight is 243 g/mol. The second kappa shape index (κ2) is 3.71. The van der Waals surface area contributed by atoms with Gasteiger partial charge in [0.1, 0.15) is 0 Å². The van der Waals surface area contributed by atoms with E-state index in [1.807, 2.05) is 22.9 Å². The fourth-order valence-corrected chi connectivity index (χ4v) is 2.51. The van der Waals surface area contributed by atoms with Crippen molar-refractivity contribution in [2.45, 2.75) is 0 Å². The zero-order valence-corrected chi connectivity index (χ0v) is 9.62. The van der Waals surface area contributed by atoms with Gasteiger partial charge in [0.2, 0.25) is 0 Å². The van der Waals surface area contributed by atoms with Gasteiger partial charge in [0.15, 0.2) is 0 Å². The van der Waals surface area contributed by atoms with E-state index in [0.29, 0.717) is 11.1 Å². The number of nitrogens with two attached hydrogens (primary N) is 1. The number of benzene rings is 1. The third kappa shape index (κ3) is 1.60. The van der Waals surface area contributed by atoms with Crippen LogP contribution in [0.2, 0.25) is 0 Å². The van der Waals surface area contributed by atoms with E-state index in [4.69, 9.17) is 5.73 Å². The number of nitrogens with zero attached hydrogens (tertiary/aromatic N) is 1. The highest BCUT2D eigenvalue weighted by Gasteiger charge is 2.11. The molecule has 0 atom stereocenters. The molecule has 5 heteroatoms. The van der Waals surface area contributed by atoms with Gasteiger partial charge in [-0.25, -0.2) is 0 Å². The SMILES string of the molecule is NC(=O)c1cc(-c2ccsc2)cc2cn[nH]c12. The van der Waals surface area contributed by atoms with Gasteiger partial charge in [-0.2, -0.15) is 16.4 Å². The lowest BCUT2D eigenvalue weighted by atomic mass is 10.0. The van der Waals surface area contributed by atoms with Crippen LogP contribution in [0.5, 0.6) is 0 Å². The highest BCUT2D eigenvalue weighted by molar-refractivity contribution is 7.08. The molecule has 0 aliphatic heterocycles. The Balaban J connectivity index is 2.31. The van der Waals surface area contributed by atoms with Gasteiger partial charge >= 0.3 is 0 Å². The number of primary amides is 1. The molecule has 3 N–H and O–H groups in total. The van der Waals surface area contributed by atoms with Crippen LogP contribution in [0.1, 0.15) is 10.4 Å². The molecule has 17 heavy (non-hydrogen) atoms. The van der Waals surface area contributed by atoms with Crippen LogP contribution in [0.4, 0.5) is 0 Å². The summed E-state index contributed by atoms with van der Waals surface area (Å²) in [5.41, 5.74) is 8.61. The molecule has 0 spiro atoms. The quantitative estimate of drug-likeness (QED) is 0.725. The number of H-pyrrole nitrogens is 1. The monoisotopic (exact) mass is 243 g/mol. The van der Waals surface area contributed by atoms with E-state index in [9.17, 15) is 4.79 Å². The van der Waals surface area contributed by atoms with E-state index >= 15 is 0 Å². The summed E-state index contributed by atoms with van der Waals surface area (Å²) in [7, 11) is 0. The van der Waals surface area contributed by atoms with Crippen molar-refractivity contribution < 1.29 is 4.79 Å². The zero-order chi connectivity index (χ0) is 11.8. The van der Waals surface area contributed by atoms with Crippen LogP contribution in [0.25, 0.3) is 22.0 Å². The molecule has 0 unspecified atom stereocenters. The molecule has 0 saturated carbocycles. The number of rotatable bonds is 2. The Kier molecular flexibility index (Phi) is 2.19.